The molecule has 1 saturated heterocycles. The van der Waals surface area contributed by atoms with Crippen LogP contribution in [0, 0.1) is 0 Å². The van der Waals surface area contributed by atoms with Crippen LogP contribution in [0.25, 0.3) is 17.0 Å². The van der Waals surface area contributed by atoms with E-state index in [1.165, 1.54) is 0 Å². The van der Waals surface area contributed by atoms with E-state index in [1.54, 1.807) is 6.08 Å². The Morgan fingerprint density at radius 3 is 2.38 bits per heavy atom. The molecule has 0 spiro atoms. The maximum absolute atomic E-state index is 12.0. The second-order valence-electron chi connectivity index (χ2n) is 7.50. The second kappa shape index (κ2) is 8.77. The quantitative estimate of drug-likeness (QED) is 0.397. The molecule has 6 heteroatoms. The van der Waals surface area contributed by atoms with Gasteiger partial charge in [-0.3, -0.25) is 14.9 Å². The van der Waals surface area contributed by atoms with Crippen molar-refractivity contribution in [3.63, 3.8) is 0 Å². The number of fused-ring (bicyclic) bond motifs is 1. The molecule has 0 radical (unpaired) electrons. The largest absolute Gasteiger partial charge is 0.489 e. The maximum Gasteiger partial charge on any atom is 0.290 e. The Morgan fingerprint density at radius 1 is 0.875 bits per heavy atom. The van der Waals surface area contributed by atoms with Gasteiger partial charge in [-0.2, -0.15) is 0 Å². The van der Waals surface area contributed by atoms with Crippen molar-refractivity contribution in [1.82, 2.24) is 9.88 Å². The molecule has 32 heavy (non-hydrogen) atoms. The van der Waals surface area contributed by atoms with Crippen molar-refractivity contribution in [3.05, 3.63) is 107 Å². The Morgan fingerprint density at radius 2 is 1.62 bits per heavy atom. The van der Waals surface area contributed by atoms with Crippen LogP contribution in [0.3, 0.4) is 0 Å². The number of carbonyl (C=O) groups is 2. The number of rotatable bonds is 6. The van der Waals surface area contributed by atoms with Crippen molar-refractivity contribution < 1.29 is 14.3 Å². The Hall–Kier alpha value is -3.77. The molecule has 0 aliphatic carbocycles. The SMILES string of the molecule is O=C1NC(=O)/C(=C\c2cn(Cc3ccc(OCc4ccccc4)cc3)c3ccccc23)S1. The Bertz CT molecular complexity index is 1320. The molecule has 0 bridgehead atoms. The fourth-order valence-corrected chi connectivity index (χ4v) is 4.39. The molecule has 1 aliphatic heterocycles. The first kappa shape index (κ1) is 20.2. The number of imide groups is 1. The standard InChI is InChI=1S/C26H20N2O3S/c29-25-24(32-26(30)27-25)14-20-16-28(23-9-5-4-8-22(20)23)15-18-10-12-21(13-11-18)31-17-19-6-2-1-3-7-19/h1-14,16H,15,17H2,(H,27,29,30)/b24-14+. The highest BCUT2D eigenvalue weighted by atomic mass is 32.2. The van der Waals surface area contributed by atoms with Crippen molar-refractivity contribution in [1.29, 1.82) is 0 Å². The Balaban J connectivity index is 1.36. The van der Waals surface area contributed by atoms with Crippen molar-refractivity contribution in [2.24, 2.45) is 0 Å². The zero-order chi connectivity index (χ0) is 21.9. The number of amides is 2. The third-order valence-electron chi connectivity index (χ3n) is 5.27. The molecule has 5 rings (SSSR count). The number of hydrogen-bond acceptors (Lipinski definition) is 4. The molecule has 1 aromatic heterocycles. The monoisotopic (exact) mass is 440 g/mol. The first-order valence-corrected chi connectivity index (χ1v) is 11.1. The molecule has 2 amide bonds. The van der Waals surface area contributed by atoms with Gasteiger partial charge >= 0.3 is 0 Å². The lowest BCUT2D eigenvalue weighted by Gasteiger charge is -2.09. The van der Waals surface area contributed by atoms with Gasteiger partial charge in [0.2, 0.25) is 0 Å². The van der Waals surface area contributed by atoms with Gasteiger partial charge in [-0.05, 0) is 47.2 Å². The van der Waals surface area contributed by atoms with Gasteiger partial charge in [0.15, 0.2) is 0 Å². The van der Waals surface area contributed by atoms with Gasteiger partial charge in [0.25, 0.3) is 11.1 Å². The van der Waals surface area contributed by atoms with Gasteiger partial charge in [-0.1, -0.05) is 60.7 Å². The third kappa shape index (κ3) is 4.31. The van der Waals surface area contributed by atoms with Crippen LogP contribution in [-0.4, -0.2) is 15.7 Å². The van der Waals surface area contributed by atoms with E-state index in [0.717, 1.165) is 45.1 Å². The van der Waals surface area contributed by atoms with Crippen molar-refractivity contribution >= 4 is 39.9 Å². The van der Waals surface area contributed by atoms with Crippen LogP contribution in [0.2, 0.25) is 0 Å². The van der Waals surface area contributed by atoms with E-state index in [4.69, 9.17) is 4.74 Å². The number of ether oxygens (including phenoxy) is 1. The summed E-state index contributed by atoms with van der Waals surface area (Å²) in [5.74, 6) is 0.484. The van der Waals surface area contributed by atoms with E-state index in [9.17, 15) is 9.59 Å². The van der Waals surface area contributed by atoms with Gasteiger partial charge in [-0.25, -0.2) is 0 Å². The molecule has 4 aromatic rings. The molecular formula is C26H20N2O3S. The fraction of sp³-hybridized carbons (Fsp3) is 0.0769. The Kier molecular flexibility index (Phi) is 5.52. The molecule has 1 N–H and O–H groups in total. The first-order chi connectivity index (χ1) is 15.7. The predicted molar refractivity (Wildman–Crippen MR) is 127 cm³/mol. The van der Waals surface area contributed by atoms with Crippen LogP contribution in [0.15, 0.2) is 90.0 Å². The van der Waals surface area contributed by atoms with E-state index in [2.05, 4.69) is 28.1 Å². The number of para-hydroxylation sites is 1. The van der Waals surface area contributed by atoms with Crippen LogP contribution < -0.4 is 10.1 Å². The van der Waals surface area contributed by atoms with Crippen LogP contribution in [0.4, 0.5) is 4.79 Å². The van der Waals surface area contributed by atoms with E-state index in [-0.39, 0.29) is 11.1 Å². The molecule has 1 fully saturated rings. The zero-order valence-corrected chi connectivity index (χ0v) is 18.0. The summed E-state index contributed by atoms with van der Waals surface area (Å²) in [5.41, 5.74) is 4.25. The number of carbonyl (C=O) groups excluding carboxylic acids is 2. The van der Waals surface area contributed by atoms with Crippen LogP contribution >= 0.6 is 11.8 Å². The van der Waals surface area contributed by atoms with Gasteiger partial charge in [0.1, 0.15) is 12.4 Å². The summed E-state index contributed by atoms with van der Waals surface area (Å²) in [4.78, 5) is 23.9. The van der Waals surface area contributed by atoms with Crippen molar-refractivity contribution in [2.75, 3.05) is 0 Å². The highest BCUT2D eigenvalue weighted by Crippen LogP contribution is 2.30. The molecule has 3 aromatic carbocycles. The van der Waals surface area contributed by atoms with Crippen LogP contribution in [-0.2, 0) is 17.9 Å². The minimum absolute atomic E-state index is 0.334. The van der Waals surface area contributed by atoms with E-state index < -0.39 is 0 Å². The molecular weight excluding hydrogens is 420 g/mol. The number of benzene rings is 3. The minimum atomic E-state index is -0.345. The number of hydrogen-bond donors (Lipinski definition) is 1. The summed E-state index contributed by atoms with van der Waals surface area (Å²) in [6.07, 6.45) is 3.80. The normalized spacial score (nSPS) is 14.8. The van der Waals surface area contributed by atoms with E-state index >= 15 is 0 Å². The van der Waals surface area contributed by atoms with E-state index in [0.29, 0.717) is 18.1 Å². The summed E-state index contributed by atoms with van der Waals surface area (Å²) < 4.78 is 8.04. The maximum atomic E-state index is 12.0. The molecule has 0 unspecified atom stereocenters. The van der Waals surface area contributed by atoms with Gasteiger partial charge in [0, 0.05) is 29.2 Å². The minimum Gasteiger partial charge on any atom is -0.489 e. The topological polar surface area (TPSA) is 60.3 Å². The van der Waals surface area contributed by atoms with Crippen LogP contribution in [0.5, 0.6) is 5.75 Å². The zero-order valence-electron chi connectivity index (χ0n) is 17.2. The lowest BCUT2D eigenvalue weighted by Crippen LogP contribution is -2.17. The molecule has 0 saturated carbocycles. The number of aromatic nitrogens is 1. The second-order valence-corrected chi connectivity index (χ2v) is 8.51. The Labute approximate surface area is 189 Å². The van der Waals surface area contributed by atoms with Gasteiger partial charge < -0.3 is 9.30 Å². The first-order valence-electron chi connectivity index (χ1n) is 10.2. The molecule has 5 nitrogen and oxygen atoms in total. The molecule has 0 atom stereocenters. The number of nitrogens with zero attached hydrogens (tertiary/aromatic N) is 1. The summed E-state index contributed by atoms with van der Waals surface area (Å²) in [6, 6.07) is 26.2. The van der Waals surface area contributed by atoms with E-state index in [1.807, 2.05) is 66.9 Å². The predicted octanol–water partition coefficient (Wildman–Crippen LogP) is 5.59. The highest BCUT2D eigenvalue weighted by molar-refractivity contribution is 8.18. The summed E-state index contributed by atoms with van der Waals surface area (Å²) in [7, 11) is 0. The number of thioether (sulfide) groups is 1. The molecule has 1 aliphatic rings. The average Bonchev–Trinajstić information content (AvgIpc) is 3.32. The smallest absolute Gasteiger partial charge is 0.290 e. The average molecular weight is 441 g/mol. The fourth-order valence-electron chi connectivity index (χ4n) is 3.71. The summed E-state index contributed by atoms with van der Waals surface area (Å²) in [5, 5.41) is 3.01. The lowest BCUT2D eigenvalue weighted by atomic mass is 10.1. The third-order valence-corrected chi connectivity index (χ3v) is 6.08. The van der Waals surface area contributed by atoms with Gasteiger partial charge in [0.05, 0.1) is 4.91 Å². The number of nitrogens with one attached hydrogen (secondary N) is 1. The summed E-state index contributed by atoms with van der Waals surface area (Å²) in [6.45, 7) is 1.22. The molecule has 2 heterocycles. The van der Waals surface area contributed by atoms with Crippen molar-refractivity contribution in [2.45, 2.75) is 13.2 Å². The summed E-state index contributed by atoms with van der Waals surface area (Å²) >= 11 is 0.933. The lowest BCUT2D eigenvalue weighted by molar-refractivity contribution is -0.115. The van der Waals surface area contributed by atoms with Gasteiger partial charge in [-0.15, -0.1) is 0 Å². The highest BCUT2D eigenvalue weighted by Gasteiger charge is 2.25. The van der Waals surface area contributed by atoms with Crippen LogP contribution in [0.1, 0.15) is 16.7 Å². The molecule has 158 valence electrons. The van der Waals surface area contributed by atoms with Crippen molar-refractivity contribution in [3.8, 4) is 5.75 Å².